The standard InChI is InChI=1S/C10H14N6O4S/c11-10-14-7-4(8(15-10)21-12)13-2-16(7)9-6(19)5(18)3(1-17)20-9/h2-3,5-6,9,17-19H,1,12H2,(H2,11,14,15)/t3-,5-,6-,9-/m0/s1. The van der Waals surface area contributed by atoms with Gasteiger partial charge in [0.1, 0.15) is 28.9 Å². The van der Waals surface area contributed by atoms with Crippen molar-refractivity contribution in [3.63, 3.8) is 0 Å². The van der Waals surface area contributed by atoms with E-state index in [1.807, 2.05) is 0 Å². The Balaban J connectivity index is 2.07. The molecule has 0 bridgehead atoms. The zero-order valence-corrected chi connectivity index (χ0v) is 11.5. The van der Waals surface area contributed by atoms with Crippen molar-refractivity contribution in [1.29, 1.82) is 0 Å². The van der Waals surface area contributed by atoms with E-state index >= 15 is 0 Å². The number of ether oxygens (including phenoxy) is 1. The first-order valence-corrected chi connectivity index (χ1v) is 6.94. The first-order valence-electron chi connectivity index (χ1n) is 6.06. The Bertz CT molecular complexity index is 666. The minimum Gasteiger partial charge on any atom is -0.394 e. The molecular formula is C10H14N6O4S. The number of aliphatic hydroxyl groups is 3. The van der Waals surface area contributed by atoms with E-state index in [2.05, 4.69) is 15.0 Å². The molecule has 0 aromatic carbocycles. The van der Waals surface area contributed by atoms with Crippen LogP contribution in [0.25, 0.3) is 11.2 Å². The van der Waals surface area contributed by atoms with Crippen LogP contribution in [-0.2, 0) is 4.74 Å². The number of nitrogen functional groups attached to an aromatic ring is 1. The van der Waals surface area contributed by atoms with Gasteiger partial charge >= 0.3 is 0 Å². The Morgan fingerprint density at radius 3 is 2.71 bits per heavy atom. The van der Waals surface area contributed by atoms with Crippen molar-refractivity contribution in [2.45, 2.75) is 29.6 Å². The molecule has 1 aliphatic heterocycles. The lowest BCUT2D eigenvalue weighted by molar-refractivity contribution is -0.0511. The molecule has 0 unspecified atom stereocenters. The molecule has 0 amide bonds. The van der Waals surface area contributed by atoms with Gasteiger partial charge in [-0.2, -0.15) is 4.98 Å². The fraction of sp³-hybridized carbons (Fsp3) is 0.500. The molecule has 0 saturated carbocycles. The number of rotatable bonds is 3. The molecular weight excluding hydrogens is 300 g/mol. The summed E-state index contributed by atoms with van der Waals surface area (Å²) in [6.45, 7) is -0.414. The second-order valence-electron chi connectivity index (χ2n) is 4.56. The number of fused-ring (bicyclic) bond motifs is 1. The van der Waals surface area contributed by atoms with Crippen molar-refractivity contribution in [3.05, 3.63) is 6.33 Å². The number of nitrogens with two attached hydrogens (primary N) is 2. The van der Waals surface area contributed by atoms with Gasteiger partial charge < -0.3 is 25.8 Å². The maximum absolute atomic E-state index is 10.0. The van der Waals surface area contributed by atoms with Crippen LogP contribution in [0.3, 0.4) is 0 Å². The molecule has 11 heteroatoms. The second kappa shape index (κ2) is 5.36. The lowest BCUT2D eigenvalue weighted by atomic mass is 10.1. The van der Waals surface area contributed by atoms with Crippen molar-refractivity contribution >= 4 is 29.1 Å². The van der Waals surface area contributed by atoms with Gasteiger partial charge in [0.2, 0.25) is 5.95 Å². The molecule has 10 nitrogen and oxygen atoms in total. The van der Waals surface area contributed by atoms with Crippen molar-refractivity contribution in [2.24, 2.45) is 5.14 Å². The highest BCUT2D eigenvalue weighted by Crippen LogP contribution is 2.32. The summed E-state index contributed by atoms with van der Waals surface area (Å²) in [4.78, 5) is 12.2. The molecule has 0 spiro atoms. The number of nitrogens with zero attached hydrogens (tertiary/aromatic N) is 4. The van der Waals surface area contributed by atoms with Gasteiger partial charge in [0, 0.05) is 0 Å². The third kappa shape index (κ3) is 2.23. The quantitative estimate of drug-likeness (QED) is 0.315. The van der Waals surface area contributed by atoms with Crippen LogP contribution < -0.4 is 10.9 Å². The highest BCUT2D eigenvalue weighted by atomic mass is 32.2. The van der Waals surface area contributed by atoms with Crippen LogP contribution in [0.1, 0.15) is 6.23 Å². The maximum Gasteiger partial charge on any atom is 0.223 e. The Kier molecular flexibility index (Phi) is 3.69. The third-order valence-electron chi connectivity index (χ3n) is 3.31. The molecule has 2 aromatic rings. The topological polar surface area (TPSA) is 166 Å². The molecule has 3 rings (SSSR count). The van der Waals surface area contributed by atoms with Crippen molar-refractivity contribution in [1.82, 2.24) is 19.5 Å². The summed E-state index contributed by atoms with van der Waals surface area (Å²) in [5, 5.41) is 34.9. The maximum atomic E-state index is 10.0. The molecule has 7 N–H and O–H groups in total. The van der Waals surface area contributed by atoms with E-state index in [1.54, 1.807) is 0 Å². The Labute approximate surface area is 122 Å². The van der Waals surface area contributed by atoms with Crippen molar-refractivity contribution < 1.29 is 20.1 Å². The fourth-order valence-corrected chi connectivity index (χ4v) is 2.69. The number of aliphatic hydroxyl groups excluding tert-OH is 3. The zero-order valence-electron chi connectivity index (χ0n) is 10.7. The number of hydrogen-bond donors (Lipinski definition) is 5. The summed E-state index contributed by atoms with van der Waals surface area (Å²) in [5.74, 6) is 0.00365. The molecule has 3 heterocycles. The van der Waals surface area contributed by atoms with Crippen LogP contribution in [-0.4, -0.2) is 59.8 Å². The van der Waals surface area contributed by atoms with E-state index in [4.69, 9.17) is 20.7 Å². The lowest BCUT2D eigenvalue weighted by Crippen LogP contribution is -2.33. The molecule has 21 heavy (non-hydrogen) atoms. The van der Waals surface area contributed by atoms with Crippen LogP contribution in [0.15, 0.2) is 11.4 Å². The Hall–Kier alpha value is -1.50. The monoisotopic (exact) mass is 314 g/mol. The molecule has 0 aliphatic carbocycles. The van der Waals surface area contributed by atoms with Gasteiger partial charge in [-0.15, -0.1) is 0 Å². The summed E-state index contributed by atoms with van der Waals surface area (Å²) < 4.78 is 6.86. The molecule has 1 saturated heterocycles. The largest absolute Gasteiger partial charge is 0.394 e. The van der Waals surface area contributed by atoms with Crippen LogP contribution >= 0.6 is 11.9 Å². The average Bonchev–Trinajstić information content (AvgIpc) is 3.01. The molecule has 2 aromatic heterocycles. The number of aromatic nitrogens is 4. The second-order valence-corrected chi connectivity index (χ2v) is 5.18. The van der Waals surface area contributed by atoms with Gasteiger partial charge in [0.05, 0.1) is 12.9 Å². The van der Waals surface area contributed by atoms with Crippen LogP contribution in [0, 0.1) is 0 Å². The van der Waals surface area contributed by atoms with E-state index in [1.165, 1.54) is 10.9 Å². The van der Waals surface area contributed by atoms with E-state index < -0.39 is 31.1 Å². The summed E-state index contributed by atoms with van der Waals surface area (Å²) >= 11 is 0.875. The van der Waals surface area contributed by atoms with E-state index in [0.717, 1.165) is 11.9 Å². The first-order chi connectivity index (χ1) is 10.1. The predicted octanol–water partition coefficient (Wildman–Crippen LogP) is -2.01. The summed E-state index contributed by atoms with van der Waals surface area (Å²) in [5.41, 5.74) is 6.35. The van der Waals surface area contributed by atoms with Gasteiger partial charge in [-0.3, -0.25) is 9.71 Å². The van der Waals surface area contributed by atoms with Crippen molar-refractivity contribution in [3.8, 4) is 0 Å². The summed E-state index contributed by atoms with van der Waals surface area (Å²) in [7, 11) is 0. The van der Waals surface area contributed by atoms with Gasteiger partial charge in [0.25, 0.3) is 0 Å². The van der Waals surface area contributed by atoms with Crippen LogP contribution in [0.4, 0.5) is 5.95 Å². The molecule has 114 valence electrons. The molecule has 1 fully saturated rings. The van der Waals surface area contributed by atoms with Gasteiger partial charge in [0.15, 0.2) is 11.9 Å². The highest BCUT2D eigenvalue weighted by Gasteiger charge is 2.44. The fourth-order valence-electron chi connectivity index (χ4n) is 2.28. The first kappa shape index (κ1) is 14.4. The highest BCUT2D eigenvalue weighted by molar-refractivity contribution is 7.97. The minimum absolute atomic E-state index is 0.00365. The zero-order chi connectivity index (χ0) is 15.1. The van der Waals surface area contributed by atoms with Crippen LogP contribution in [0.5, 0.6) is 0 Å². The summed E-state index contributed by atoms with van der Waals surface area (Å²) in [6.07, 6.45) is -2.87. The van der Waals surface area contributed by atoms with Crippen molar-refractivity contribution in [2.75, 3.05) is 12.3 Å². The summed E-state index contributed by atoms with van der Waals surface area (Å²) in [6, 6.07) is 0. The van der Waals surface area contributed by atoms with Gasteiger partial charge in [-0.25, -0.2) is 9.97 Å². The smallest absolute Gasteiger partial charge is 0.223 e. The number of anilines is 1. The lowest BCUT2D eigenvalue weighted by Gasteiger charge is -2.16. The number of hydrogen-bond acceptors (Lipinski definition) is 10. The van der Waals surface area contributed by atoms with Gasteiger partial charge in [-0.1, -0.05) is 0 Å². The normalized spacial score (nSPS) is 29.3. The Morgan fingerprint density at radius 1 is 1.33 bits per heavy atom. The molecule has 4 atom stereocenters. The van der Waals surface area contributed by atoms with Gasteiger partial charge in [-0.05, 0) is 11.9 Å². The van der Waals surface area contributed by atoms with E-state index in [9.17, 15) is 10.2 Å². The number of imidazole rings is 1. The minimum atomic E-state index is -1.23. The van der Waals surface area contributed by atoms with E-state index in [0.29, 0.717) is 16.2 Å². The third-order valence-corrected chi connectivity index (χ3v) is 3.82. The molecule has 0 radical (unpaired) electrons. The Morgan fingerprint density at radius 2 is 2.10 bits per heavy atom. The van der Waals surface area contributed by atoms with Crippen LogP contribution in [0.2, 0.25) is 0 Å². The predicted molar refractivity (Wildman–Crippen MR) is 72.8 cm³/mol. The molecule has 1 aliphatic rings. The van der Waals surface area contributed by atoms with E-state index in [-0.39, 0.29) is 5.95 Å². The average molecular weight is 314 g/mol. The SMILES string of the molecule is NSc1nc(N)nc2c1ncn2[C@H]1O[C@@H](CO)[C@H](O)[C@@H]1O.